The zero-order chi connectivity index (χ0) is 15.6. The quantitative estimate of drug-likeness (QED) is 0.454. The summed E-state index contributed by atoms with van der Waals surface area (Å²) < 4.78 is 18.7. The summed E-state index contributed by atoms with van der Waals surface area (Å²) in [6.07, 6.45) is 0.425. The Morgan fingerprint density at radius 2 is 1.86 bits per heavy atom. The first-order valence-electron chi connectivity index (χ1n) is 5.54. The maximum absolute atomic E-state index is 13.7. The van der Waals surface area contributed by atoms with Crippen molar-refractivity contribution in [2.45, 2.75) is 0 Å². The molecule has 7 heteroatoms. The van der Waals surface area contributed by atoms with Gasteiger partial charge in [0.2, 0.25) is 0 Å². The Bertz CT molecular complexity index is 732. The molecule has 0 radical (unpaired) electrons. The fourth-order valence-corrected chi connectivity index (χ4v) is 2.31. The van der Waals surface area contributed by atoms with Crippen LogP contribution in [0.4, 0.5) is 4.39 Å². The van der Waals surface area contributed by atoms with Crippen LogP contribution >= 0.6 is 34.8 Å². The van der Waals surface area contributed by atoms with Crippen LogP contribution in [0.1, 0.15) is 20.7 Å². The zero-order valence-corrected chi connectivity index (χ0v) is 12.5. The van der Waals surface area contributed by atoms with Crippen LogP contribution in [-0.4, -0.2) is 12.3 Å². The van der Waals surface area contributed by atoms with Crippen LogP contribution < -0.4 is 4.74 Å². The van der Waals surface area contributed by atoms with Crippen molar-refractivity contribution in [3.63, 3.8) is 0 Å². The van der Waals surface area contributed by atoms with E-state index in [2.05, 4.69) is 0 Å². The third-order valence-electron chi connectivity index (χ3n) is 2.53. The maximum atomic E-state index is 13.7. The molecule has 0 heterocycles. The van der Waals surface area contributed by atoms with Crippen molar-refractivity contribution in [2.75, 3.05) is 0 Å². The van der Waals surface area contributed by atoms with Gasteiger partial charge in [-0.15, -0.1) is 0 Å². The number of esters is 1. The number of hydrogen-bond acceptors (Lipinski definition) is 3. The number of carbonyl (C=O) groups excluding carboxylic acids is 2. The van der Waals surface area contributed by atoms with E-state index in [1.54, 1.807) is 0 Å². The molecule has 3 nitrogen and oxygen atoms in total. The molecule has 0 spiro atoms. The van der Waals surface area contributed by atoms with E-state index < -0.39 is 11.8 Å². The molecule has 0 amide bonds. The van der Waals surface area contributed by atoms with Crippen LogP contribution in [0.2, 0.25) is 15.1 Å². The van der Waals surface area contributed by atoms with Gasteiger partial charge in [-0.25, -0.2) is 9.18 Å². The van der Waals surface area contributed by atoms with Crippen molar-refractivity contribution < 1.29 is 18.7 Å². The highest BCUT2D eigenvalue weighted by Crippen LogP contribution is 2.32. The van der Waals surface area contributed by atoms with Gasteiger partial charge in [0, 0.05) is 5.02 Å². The molecule has 0 saturated heterocycles. The van der Waals surface area contributed by atoms with E-state index in [1.807, 2.05) is 0 Å². The van der Waals surface area contributed by atoms with Gasteiger partial charge in [-0.2, -0.15) is 0 Å². The molecule has 0 aliphatic carbocycles. The van der Waals surface area contributed by atoms with Gasteiger partial charge in [0.15, 0.2) is 17.9 Å². The lowest BCUT2D eigenvalue weighted by atomic mass is 10.2. The summed E-state index contributed by atoms with van der Waals surface area (Å²) in [6, 6.07) is 6.46. The minimum atomic E-state index is -1.03. The van der Waals surface area contributed by atoms with Crippen LogP contribution in [0.5, 0.6) is 5.75 Å². The molecule has 0 N–H and O–H groups in total. The fraction of sp³-hybridized carbons (Fsp3) is 0. The second-order valence-corrected chi connectivity index (χ2v) is 5.17. The van der Waals surface area contributed by atoms with Crippen molar-refractivity contribution in [3.8, 4) is 5.75 Å². The van der Waals surface area contributed by atoms with Gasteiger partial charge in [-0.05, 0) is 24.3 Å². The Hall–Kier alpha value is -1.62. The second kappa shape index (κ2) is 6.43. The van der Waals surface area contributed by atoms with E-state index in [0.717, 1.165) is 0 Å². The third kappa shape index (κ3) is 3.35. The molecule has 0 fully saturated rings. The summed E-state index contributed by atoms with van der Waals surface area (Å²) in [5.41, 5.74) is -0.395. The number of benzene rings is 2. The molecule has 0 unspecified atom stereocenters. The number of ether oxygens (including phenoxy) is 1. The first kappa shape index (κ1) is 15.8. The predicted molar refractivity (Wildman–Crippen MR) is 78.2 cm³/mol. The lowest BCUT2D eigenvalue weighted by molar-refractivity contribution is 0.0729. The minimum absolute atomic E-state index is 0.0247. The summed E-state index contributed by atoms with van der Waals surface area (Å²) in [4.78, 5) is 22.9. The van der Waals surface area contributed by atoms with Crippen LogP contribution in [0, 0.1) is 5.82 Å². The maximum Gasteiger partial charge on any atom is 0.346 e. The highest BCUT2D eigenvalue weighted by atomic mass is 35.5. The average Bonchev–Trinajstić information content (AvgIpc) is 2.44. The van der Waals surface area contributed by atoms with E-state index in [9.17, 15) is 14.0 Å². The Balaban J connectivity index is 2.41. The summed E-state index contributed by atoms with van der Waals surface area (Å²) >= 11 is 17.2. The molecule has 2 aromatic rings. The Morgan fingerprint density at radius 1 is 1.14 bits per heavy atom. The predicted octanol–water partition coefficient (Wildman–Crippen LogP) is 4.82. The first-order chi connectivity index (χ1) is 9.93. The zero-order valence-electron chi connectivity index (χ0n) is 10.2. The largest absolute Gasteiger partial charge is 0.420 e. The van der Waals surface area contributed by atoms with Crippen molar-refractivity contribution in [2.24, 2.45) is 0 Å². The molecule has 0 atom stereocenters. The third-order valence-corrected chi connectivity index (χ3v) is 3.32. The van der Waals surface area contributed by atoms with Crippen molar-refractivity contribution in [1.82, 2.24) is 0 Å². The molecular weight excluding hydrogens is 342 g/mol. The van der Waals surface area contributed by atoms with Crippen LogP contribution in [-0.2, 0) is 0 Å². The number of hydrogen-bond donors (Lipinski definition) is 0. The normalized spacial score (nSPS) is 10.3. The Labute approximate surface area is 134 Å². The molecular formula is C14H6Cl3FO3. The molecule has 2 aromatic carbocycles. The highest BCUT2D eigenvalue weighted by molar-refractivity contribution is 6.36. The number of carbonyl (C=O) groups is 2. The van der Waals surface area contributed by atoms with Crippen LogP contribution in [0.3, 0.4) is 0 Å². The molecule has 108 valence electrons. The van der Waals surface area contributed by atoms with Gasteiger partial charge in [0.25, 0.3) is 0 Å². The van der Waals surface area contributed by atoms with Gasteiger partial charge in [-0.3, -0.25) is 4.79 Å². The van der Waals surface area contributed by atoms with Gasteiger partial charge in [0.1, 0.15) is 0 Å². The van der Waals surface area contributed by atoms with Gasteiger partial charge in [-0.1, -0.05) is 40.9 Å². The molecule has 21 heavy (non-hydrogen) atoms. The highest BCUT2D eigenvalue weighted by Gasteiger charge is 2.20. The summed E-state index contributed by atoms with van der Waals surface area (Å²) in [5, 5.41) is -0.0570. The van der Waals surface area contributed by atoms with Crippen molar-refractivity contribution >= 4 is 47.1 Å². The van der Waals surface area contributed by atoms with Crippen LogP contribution in [0.25, 0.3) is 0 Å². The van der Waals surface area contributed by atoms with E-state index in [1.165, 1.54) is 30.3 Å². The van der Waals surface area contributed by atoms with Gasteiger partial charge in [0.05, 0.1) is 21.2 Å². The smallest absolute Gasteiger partial charge is 0.346 e. The molecule has 0 aliphatic rings. The fourth-order valence-electron chi connectivity index (χ4n) is 1.58. The van der Waals surface area contributed by atoms with Crippen molar-refractivity contribution in [3.05, 3.63) is 62.3 Å². The summed E-state index contributed by atoms with van der Waals surface area (Å²) in [5.74, 6) is -2.13. The van der Waals surface area contributed by atoms with E-state index in [-0.39, 0.29) is 31.9 Å². The molecule has 0 bridgehead atoms. The monoisotopic (exact) mass is 346 g/mol. The second-order valence-electron chi connectivity index (χ2n) is 3.91. The van der Waals surface area contributed by atoms with E-state index in [0.29, 0.717) is 6.29 Å². The van der Waals surface area contributed by atoms with Gasteiger partial charge < -0.3 is 4.74 Å². The lowest BCUT2D eigenvalue weighted by Crippen LogP contribution is -2.12. The van der Waals surface area contributed by atoms with Crippen molar-refractivity contribution in [1.29, 1.82) is 0 Å². The lowest BCUT2D eigenvalue weighted by Gasteiger charge is -2.10. The van der Waals surface area contributed by atoms with E-state index >= 15 is 0 Å². The summed E-state index contributed by atoms with van der Waals surface area (Å²) in [6.45, 7) is 0. The molecule has 0 aliphatic heterocycles. The number of aldehydes is 1. The molecule has 0 aromatic heterocycles. The Kier molecular flexibility index (Phi) is 4.83. The van der Waals surface area contributed by atoms with Gasteiger partial charge >= 0.3 is 5.97 Å². The van der Waals surface area contributed by atoms with Crippen LogP contribution in [0.15, 0.2) is 30.3 Å². The number of rotatable bonds is 3. The minimum Gasteiger partial charge on any atom is -0.420 e. The first-order valence-corrected chi connectivity index (χ1v) is 6.68. The Morgan fingerprint density at radius 3 is 2.52 bits per heavy atom. The number of halogens is 4. The topological polar surface area (TPSA) is 43.4 Å². The standard InChI is InChI=1S/C14H6Cl3FO3/c15-8-4-7(6-19)13(11(17)5-8)21-14(20)9-2-1-3-10(16)12(9)18/h1-6H. The molecule has 0 saturated carbocycles. The molecule has 2 rings (SSSR count). The van der Waals surface area contributed by atoms with E-state index in [4.69, 9.17) is 39.5 Å². The average molecular weight is 348 g/mol. The SMILES string of the molecule is O=Cc1cc(Cl)cc(Cl)c1OC(=O)c1cccc(Cl)c1F. The summed E-state index contributed by atoms with van der Waals surface area (Å²) in [7, 11) is 0.